The molecule has 2 aromatic rings. The van der Waals surface area contributed by atoms with Crippen LogP contribution in [0.2, 0.25) is 0 Å². The Bertz CT molecular complexity index is 589. The zero-order valence-corrected chi connectivity index (χ0v) is 8.93. The van der Waals surface area contributed by atoms with Crippen LogP contribution in [-0.2, 0) is 12.8 Å². The molecule has 0 aromatic carbocycles. The van der Waals surface area contributed by atoms with Gasteiger partial charge < -0.3 is 14.8 Å². The molecule has 0 spiro atoms. The fraction of sp³-hybridized carbons (Fsp3) is 0.167. The molecule has 1 aliphatic rings. The maximum Gasteiger partial charge on any atom is 0.512 e. The Hall–Kier alpha value is -2.30. The van der Waals surface area contributed by atoms with E-state index in [0.29, 0.717) is 0 Å². The number of aromatic nitrogens is 2. The molecule has 0 fully saturated rings. The van der Waals surface area contributed by atoms with Gasteiger partial charge in [-0.25, -0.2) is 4.79 Å². The average Bonchev–Trinajstić information content (AvgIpc) is 2.70. The molecule has 0 aliphatic heterocycles. The van der Waals surface area contributed by atoms with E-state index < -0.39 is 6.16 Å². The second-order valence-electron chi connectivity index (χ2n) is 3.93. The van der Waals surface area contributed by atoms with Gasteiger partial charge >= 0.3 is 6.16 Å². The minimum atomic E-state index is -1.31. The summed E-state index contributed by atoms with van der Waals surface area (Å²) >= 11 is 0. The topological polar surface area (TPSA) is 75.2 Å². The lowest BCUT2D eigenvalue weighted by Crippen LogP contribution is -2.03. The highest BCUT2D eigenvalue weighted by Gasteiger charge is 2.19. The summed E-state index contributed by atoms with van der Waals surface area (Å²) in [6.07, 6.45) is 4.05. The maximum absolute atomic E-state index is 10.5. The van der Waals surface area contributed by atoms with Gasteiger partial charge in [0.05, 0.1) is 5.69 Å². The van der Waals surface area contributed by atoms with Crippen molar-refractivity contribution in [2.45, 2.75) is 12.8 Å². The van der Waals surface area contributed by atoms with Crippen LogP contribution in [0.1, 0.15) is 11.1 Å². The highest BCUT2D eigenvalue weighted by atomic mass is 16.7. The standard InChI is InChI=1S/C12H10N2O3/c15-12(16)17-10-5-7-1-2-8-6-13-4-3-9(8)11(7)14-10/h3-6,14H,1-2H2,(H,15,16). The van der Waals surface area contributed by atoms with E-state index in [1.807, 2.05) is 12.3 Å². The van der Waals surface area contributed by atoms with Gasteiger partial charge in [-0.15, -0.1) is 0 Å². The summed E-state index contributed by atoms with van der Waals surface area (Å²) in [5, 5.41) is 8.57. The number of nitrogens with zero attached hydrogens (tertiary/aromatic N) is 1. The number of rotatable bonds is 1. The smallest absolute Gasteiger partial charge is 0.449 e. The van der Waals surface area contributed by atoms with Crippen LogP contribution in [0.3, 0.4) is 0 Å². The van der Waals surface area contributed by atoms with Crippen LogP contribution in [0.5, 0.6) is 5.88 Å². The normalized spacial score (nSPS) is 12.7. The van der Waals surface area contributed by atoms with Crippen LogP contribution in [0, 0.1) is 0 Å². The highest BCUT2D eigenvalue weighted by molar-refractivity contribution is 5.71. The van der Waals surface area contributed by atoms with Crippen molar-refractivity contribution < 1.29 is 14.6 Å². The summed E-state index contributed by atoms with van der Waals surface area (Å²) in [6.45, 7) is 0. The monoisotopic (exact) mass is 230 g/mol. The lowest BCUT2D eigenvalue weighted by atomic mass is 9.92. The molecule has 0 amide bonds. The number of fused-ring (bicyclic) bond motifs is 3. The molecule has 0 unspecified atom stereocenters. The summed E-state index contributed by atoms with van der Waals surface area (Å²) in [5.74, 6) is 0.271. The summed E-state index contributed by atoms with van der Waals surface area (Å²) < 4.78 is 4.63. The number of aromatic amines is 1. The molecular formula is C12H10N2O3. The molecular weight excluding hydrogens is 220 g/mol. The van der Waals surface area contributed by atoms with E-state index in [-0.39, 0.29) is 5.88 Å². The number of hydrogen-bond acceptors (Lipinski definition) is 3. The van der Waals surface area contributed by atoms with E-state index in [1.54, 1.807) is 12.3 Å². The zero-order chi connectivity index (χ0) is 11.8. The number of hydrogen-bond donors (Lipinski definition) is 2. The van der Waals surface area contributed by atoms with Gasteiger partial charge in [0.15, 0.2) is 0 Å². The van der Waals surface area contributed by atoms with E-state index in [4.69, 9.17) is 5.11 Å². The molecule has 2 heterocycles. The molecule has 17 heavy (non-hydrogen) atoms. The lowest BCUT2D eigenvalue weighted by molar-refractivity contribution is 0.143. The largest absolute Gasteiger partial charge is 0.512 e. The van der Waals surface area contributed by atoms with Crippen LogP contribution < -0.4 is 4.74 Å². The number of carboxylic acid groups (broad SMARTS) is 1. The minimum absolute atomic E-state index is 0.271. The number of nitrogens with one attached hydrogen (secondary N) is 1. The van der Waals surface area contributed by atoms with E-state index in [0.717, 1.165) is 29.7 Å². The van der Waals surface area contributed by atoms with Gasteiger partial charge in [-0.2, -0.15) is 0 Å². The van der Waals surface area contributed by atoms with Gasteiger partial charge in [-0.05, 0) is 30.0 Å². The van der Waals surface area contributed by atoms with Crippen molar-refractivity contribution in [2.75, 3.05) is 0 Å². The highest BCUT2D eigenvalue weighted by Crippen LogP contribution is 2.34. The average molecular weight is 230 g/mol. The summed E-state index contributed by atoms with van der Waals surface area (Å²) in [4.78, 5) is 17.6. The van der Waals surface area contributed by atoms with Crippen molar-refractivity contribution in [1.29, 1.82) is 0 Å². The fourth-order valence-corrected chi connectivity index (χ4v) is 2.20. The van der Waals surface area contributed by atoms with Crippen LogP contribution in [-0.4, -0.2) is 21.2 Å². The third kappa shape index (κ3) is 1.65. The van der Waals surface area contributed by atoms with E-state index in [2.05, 4.69) is 14.7 Å². The van der Waals surface area contributed by atoms with Crippen molar-refractivity contribution in [2.24, 2.45) is 0 Å². The third-order valence-electron chi connectivity index (χ3n) is 2.91. The molecule has 5 nitrogen and oxygen atoms in total. The van der Waals surface area contributed by atoms with E-state index in [9.17, 15) is 4.79 Å². The van der Waals surface area contributed by atoms with Crippen LogP contribution >= 0.6 is 0 Å². The molecule has 2 aromatic heterocycles. The Labute approximate surface area is 97.1 Å². The molecule has 0 saturated carbocycles. The molecule has 86 valence electrons. The maximum atomic E-state index is 10.5. The van der Waals surface area contributed by atoms with Gasteiger partial charge in [0.25, 0.3) is 0 Å². The van der Waals surface area contributed by atoms with E-state index in [1.165, 1.54) is 5.56 Å². The van der Waals surface area contributed by atoms with Gasteiger partial charge in [0.1, 0.15) is 0 Å². The van der Waals surface area contributed by atoms with Gasteiger partial charge in [0, 0.05) is 24.0 Å². The first-order valence-electron chi connectivity index (χ1n) is 5.30. The molecule has 5 heteroatoms. The number of H-pyrrole nitrogens is 1. The molecule has 0 radical (unpaired) electrons. The number of aryl methyl sites for hydroxylation is 2. The van der Waals surface area contributed by atoms with Crippen LogP contribution in [0.4, 0.5) is 4.79 Å². The van der Waals surface area contributed by atoms with Crippen LogP contribution in [0.25, 0.3) is 11.3 Å². The Balaban J connectivity index is 2.07. The molecule has 0 atom stereocenters. The SMILES string of the molecule is O=C(O)Oc1cc2c([nH]1)-c1ccncc1CC2. The number of ether oxygens (including phenoxy) is 1. The summed E-state index contributed by atoms with van der Waals surface area (Å²) in [5.41, 5.74) is 4.26. The van der Waals surface area contributed by atoms with Gasteiger partial charge in [-0.3, -0.25) is 4.98 Å². The van der Waals surface area contributed by atoms with Crippen molar-refractivity contribution in [3.63, 3.8) is 0 Å². The van der Waals surface area contributed by atoms with Crippen molar-refractivity contribution in [3.8, 4) is 17.1 Å². The van der Waals surface area contributed by atoms with Crippen molar-refractivity contribution >= 4 is 6.16 Å². The van der Waals surface area contributed by atoms with Crippen molar-refractivity contribution in [1.82, 2.24) is 9.97 Å². The Morgan fingerprint density at radius 1 is 1.41 bits per heavy atom. The first-order chi connectivity index (χ1) is 8.24. The predicted octanol–water partition coefficient (Wildman–Crippen LogP) is 2.23. The predicted molar refractivity (Wildman–Crippen MR) is 60.1 cm³/mol. The van der Waals surface area contributed by atoms with Gasteiger partial charge in [0.2, 0.25) is 5.88 Å². The Kier molecular flexibility index (Phi) is 2.11. The molecule has 2 N–H and O–H groups in total. The first kappa shape index (κ1) is 9.89. The first-order valence-corrected chi connectivity index (χ1v) is 5.30. The molecule has 1 aliphatic carbocycles. The number of pyridine rings is 1. The van der Waals surface area contributed by atoms with Crippen LogP contribution in [0.15, 0.2) is 24.5 Å². The quantitative estimate of drug-likeness (QED) is 0.736. The molecule has 3 rings (SSSR count). The Morgan fingerprint density at radius 2 is 2.24 bits per heavy atom. The summed E-state index contributed by atoms with van der Waals surface area (Å²) in [7, 11) is 0. The fourth-order valence-electron chi connectivity index (χ4n) is 2.20. The summed E-state index contributed by atoms with van der Waals surface area (Å²) in [6, 6.07) is 3.67. The van der Waals surface area contributed by atoms with Crippen molar-refractivity contribution in [3.05, 3.63) is 35.7 Å². The van der Waals surface area contributed by atoms with Gasteiger partial charge in [-0.1, -0.05) is 0 Å². The second-order valence-corrected chi connectivity index (χ2v) is 3.93. The Morgan fingerprint density at radius 3 is 3.06 bits per heavy atom. The molecule has 0 bridgehead atoms. The second kappa shape index (κ2) is 3.62. The lowest BCUT2D eigenvalue weighted by Gasteiger charge is -2.14. The third-order valence-corrected chi connectivity index (χ3v) is 2.91. The molecule has 0 saturated heterocycles. The minimum Gasteiger partial charge on any atom is -0.449 e. The number of carbonyl (C=O) groups is 1. The zero-order valence-electron chi connectivity index (χ0n) is 8.93. The van der Waals surface area contributed by atoms with E-state index >= 15 is 0 Å².